The first-order chi connectivity index (χ1) is 11.8. The lowest BCUT2D eigenvalue weighted by atomic mass is 9.68. The number of nitrogens with zero attached hydrogens (tertiary/aromatic N) is 2. The molecule has 0 fully saturated rings. The molecule has 0 atom stereocenters. The standard InChI is InChI=1S/C19H21BN2O3/c1-19(2,3)25-18(23)22-16-9-5-8-14(13-7-6-10-21-12-13)15(16)11-17(22)20(4)24/h5-12,24H,1-4H3. The second kappa shape index (κ2) is 6.37. The Morgan fingerprint density at radius 2 is 2.00 bits per heavy atom. The van der Waals surface area contributed by atoms with Crippen LogP contribution in [0.5, 0.6) is 0 Å². The Balaban J connectivity index is 2.23. The van der Waals surface area contributed by atoms with E-state index < -0.39 is 18.6 Å². The van der Waals surface area contributed by atoms with E-state index in [4.69, 9.17) is 4.74 Å². The van der Waals surface area contributed by atoms with Crippen molar-refractivity contribution in [2.45, 2.75) is 33.2 Å². The van der Waals surface area contributed by atoms with Crippen molar-refractivity contribution in [3.63, 3.8) is 0 Å². The molecule has 1 N–H and O–H groups in total. The molecule has 0 aliphatic rings. The van der Waals surface area contributed by atoms with Crippen molar-refractivity contribution in [3.8, 4) is 11.1 Å². The van der Waals surface area contributed by atoms with Crippen LogP contribution < -0.4 is 5.59 Å². The maximum atomic E-state index is 12.7. The third-order valence-corrected chi connectivity index (χ3v) is 3.85. The maximum Gasteiger partial charge on any atom is 0.418 e. The van der Waals surface area contributed by atoms with E-state index in [0.29, 0.717) is 11.1 Å². The average molecular weight is 336 g/mol. The lowest BCUT2D eigenvalue weighted by Crippen LogP contribution is -2.39. The number of benzene rings is 1. The van der Waals surface area contributed by atoms with Gasteiger partial charge >= 0.3 is 13.0 Å². The number of ether oxygens (including phenoxy) is 1. The molecule has 25 heavy (non-hydrogen) atoms. The van der Waals surface area contributed by atoms with Crippen LogP contribution >= 0.6 is 0 Å². The highest BCUT2D eigenvalue weighted by atomic mass is 16.6. The Labute approximate surface area is 147 Å². The third-order valence-electron chi connectivity index (χ3n) is 3.85. The van der Waals surface area contributed by atoms with Gasteiger partial charge in [-0.1, -0.05) is 25.0 Å². The molecule has 0 spiro atoms. The summed E-state index contributed by atoms with van der Waals surface area (Å²) in [6.07, 6.45) is 3.00. The molecule has 6 heteroatoms. The quantitative estimate of drug-likeness (QED) is 0.729. The summed E-state index contributed by atoms with van der Waals surface area (Å²) >= 11 is 0. The van der Waals surface area contributed by atoms with Crippen molar-refractivity contribution >= 4 is 29.5 Å². The molecule has 0 amide bonds. The van der Waals surface area contributed by atoms with Gasteiger partial charge in [-0.2, -0.15) is 0 Å². The molecule has 3 aromatic rings. The van der Waals surface area contributed by atoms with Gasteiger partial charge in [-0.25, -0.2) is 4.79 Å². The SMILES string of the molecule is CB(O)c1cc2c(-c3cccnc3)cccc2n1C(=O)OC(C)(C)C. The zero-order valence-electron chi connectivity index (χ0n) is 14.9. The first-order valence-corrected chi connectivity index (χ1v) is 8.24. The first kappa shape index (κ1) is 17.2. The maximum absolute atomic E-state index is 12.7. The second-order valence-electron chi connectivity index (χ2n) is 7.04. The number of fused-ring (bicyclic) bond motifs is 1. The van der Waals surface area contributed by atoms with Crippen molar-refractivity contribution in [1.29, 1.82) is 0 Å². The lowest BCUT2D eigenvalue weighted by Gasteiger charge is -2.21. The van der Waals surface area contributed by atoms with Crippen LogP contribution in [0.25, 0.3) is 22.0 Å². The molecule has 2 aromatic heterocycles. The molecule has 2 heterocycles. The molecule has 5 nitrogen and oxygen atoms in total. The smallest absolute Gasteiger partial charge is 0.418 e. The Morgan fingerprint density at radius 1 is 1.24 bits per heavy atom. The molecule has 0 unspecified atom stereocenters. The number of aromatic nitrogens is 2. The summed E-state index contributed by atoms with van der Waals surface area (Å²) in [4.78, 5) is 16.9. The van der Waals surface area contributed by atoms with E-state index in [0.717, 1.165) is 16.5 Å². The predicted molar refractivity (Wildman–Crippen MR) is 100 cm³/mol. The van der Waals surface area contributed by atoms with Crippen LogP contribution in [0.2, 0.25) is 6.82 Å². The zero-order chi connectivity index (χ0) is 18.2. The Kier molecular flexibility index (Phi) is 4.39. The second-order valence-corrected chi connectivity index (χ2v) is 7.04. The summed E-state index contributed by atoms with van der Waals surface area (Å²) in [5.41, 5.74) is 2.48. The van der Waals surface area contributed by atoms with Crippen molar-refractivity contribution in [1.82, 2.24) is 9.55 Å². The van der Waals surface area contributed by atoms with Crippen molar-refractivity contribution < 1.29 is 14.6 Å². The van der Waals surface area contributed by atoms with Gasteiger partial charge in [0.1, 0.15) is 5.60 Å². The molecular formula is C19H21BN2O3. The van der Waals surface area contributed by atoms with E-state index in [-0.39, 0.29) is 0 Å². The summed E-state index contributed by atoms with van der Waals surface area (Å²) < 4.78 is 6.98. The van der Waals surface area contributed by atoms with Gasteiger partial charge in [-0.15, -0.1) is 0 Å². The van der Waals surface area contributed by atoms with Gasteiger partial charge in [0, 0.05) is 28.9 Å². The van der Waals surface area contributed by atoms with Gasteiger partial charge in [0.2, 0.25) is 0 Å². The molecule has 0 radical (unpaired) electrons. The normalized spacial score (nSPS) is 11.6. The topological polar surface area (TPSA) is 64.4 Å². The lowest BCUT2D eigenvalue weighted by molar-refractivity contribution is 0.0548. The van der Waals surface area contributed by atoms with Crippen molar-refractivity contribution in [2.24, 2.45) is 0 Å². The van der Waals surface area contributed by atoms with Gasteiger partial charge in [0.25, 0.3) is 0 Å². The van der Waals surface area contributed by atoms with E-state index in [1.807, 2.05) is 57.2 Å². The number of carbonyl (C=O) groups is 1. The summed E-state index contributed by atoms with van der Waals surface area (Å²) in [7, 11) is 0. The van der Waals surface area contributed by atoms with Gasteiger partial charge in [-0.3, -0.25) is 9.55 Å². The number of carbonyl (C=O) groups excluding carboxylic acids is 1. The zero-order valence-corrected chi connectivity index (χ0v) is 14.9. The summed E-state index contributed by atoms with van der Waals surface area (Å²) in [6, 6.07) is 11.4. The van der Waals surface area contributed by atoms with Gasteiger partial charge < -0.3 is 9.76 Å². The van der Waals surface area contributed by atoms with Gasteiger partial charge in [0.05, 0.1) is 5.52 Å². The van der Waals surface area contributed by atoms with Crippen LogP contribution in [0, 0.1) is 0 Å². The molecule has 1 aromatic carbocycles. The van der Waals surface area contributed by atoms with E-state index in [2.05, 4.69) is 4.98 Å². The minimum atomic E-state index is -0.804. The van der Waals surface area contributed by atoms with Crippen LogP contribution in [0.4, 0.5) is 4.79 Å². The number of hydrogen-bond donors (Lipinski definition) is 1. The number of hydrogen-bond acceptors (Lipinski definition) is 4. The van der Waals surface area contributed by atoms with Crippen LogP contribution in [0.3, 0.4) is 0 Å². The highest BCUT2D eigenvalue weighted by Crippen LogP contribution is 2.29. The Bertz CT molecular complexity index is 912. The predicted octanol–water partition coefficient (Wildman–Crippen LogP) is 3.31. The van der Waals surface area contributed by atoms with Gasteiger partial charge in [0.15, 0.2) is 0 Å². The fourth-order valence-corrected chi connectivity index (χ4v) is 2.84. The highest BCUT2D eigenvalue weighted by Gasteiger charge is 2.26. The molecular weight excluding hydrogens is 315 g/mol. The Morgan fingerprint density at radius 3 is 2.60 bits per heavy atom. The fourth-order valence-electron chi connectivity index (χ4n) is 2.84. The number of rotatable bonds is 2. The first-order valence-electron chi connectivity index (χ1n) is 8.24. The molecule has 0 saturated carbocycles. The minimum absolute atomic E-state index is 0.498. The minimum Gasteiger partial charge on any atom is -0.446 e. The largest absolute Gasteiger partial charge is 0.446 e. The van der Waals surface area contributed by atoms with E-state index in [9.17, 15) is 9.82 Å². The molecule has 0 saturated heterocycles. The fraction of sp³-hybridized carbons (Fsp3) is 0.263. The van der Waals surface area contributed by atoms with Crippen LogP contribution in [0.15, 0.2) is 48.8 Å². The van der Waals surface area contributed by atoms with E-state index >= 15 is 0 Å². The highest BCUT2D eigenvalue weighted by molar-refractivity contribution is 6.65. The average Bonchev–Trinajstić information content (AvgIpc) is 2.94. The Hall–Kier alpha value is -2.60. The van der Waals surface area contributed by atoms with Crippen LogP contribution in [0.1, 0.15) is 20.8 Å². The molecule has 0 aliphatic carbocycles. The van der Waals surface area contributed by atoms with E-state index in [1.165, 1.54) is 4.57 Å². The molecule has 128 valence electrons. The van der Waals surface area contributed by atoms with Crippen LogP contribution in [-0.2, 0) is 4.74 Å². The van der Waals surface area contributed by atoms with E-state index in [1.54, 1.807) is 19.2 Å². The summed E-state index contributed by atoms with van der Waals surface area (Å²) in [5, 5.41) is 11.0. The monoisotopic (exact) mass is 336 g/mol. The van der Waals surface area contributed by atoms with Gasteiger partial charge in [-0.05, 0) is 44.5 Å². The van der Waals surface area contributed by atoms with Crippen molar-refractivity contribution in [3.05, 3.63) is 48.8 Å². The number of pyridine rings is 1. The molecule has 0 bridgehead atoms. The molecule has 3 rings (SSSR count). The third kappa shape index (κ3) is 3.44. The summed E-state index contributed by atoms with van der Waals surface area (Å²) in [5.74, 6) is 0. The van der Waals surface area contributed by atoms with Crippen LogP contribution in [-0.4, -0.2) is 33.2 Å². The summed E-state index contributed by atoms with van der Waals surface area (Å²) in [6.45, 7) is 6.29. The van der Waals surface area contributed by atoms with Crippen molar-refractivity contribution in [2.75, 3.05) is 0 Å². The molecule has 0 aliphatic heterocycles.